The van der Waals surface area contributed by atoms with Gasteiger partial charge in [0.15, 0.2) is 5.78 Å². The number of ketones is 1. The Morgan fingerprint density at radius 1 is 0.615 bits per heavy atom. The summed E-state index contributed by atoms with van der Waals surface area (Å²) in [6.45, 7) is 0. The number of rotatable bonds is 6. The molecule has 144 valence electrons. The Labute approximate surface area is 146 Å². The van der Waals surface area contributed by atoms with Gasteiger partial charge in [0.1, 0.15) is 0 Å². The maximum atomic E-state index is 12.8. The van der Waals surface area contributed by atoms with Crippen molar-refractivity contribution in [1.29, 1.82) is 0 Å². The van der Waals surface area contributed by atoms with E-state index in [2.05, 4.69) is 0 Å². The zero-order valence-corrected chi connectivity index (χ0v) is 13.7. The second-order valence-electron chi connectivity index (χ2n) is 6.83. The fraction of sp³-hybridized carbons (Fsp3) is 0.923. The number of carbonyl (C=O) groups excluding carboxylic acids is 1. The molecule has 0 aromatic rings. The van der Waals surface area contributed by atoms with Crippen LogP contribution in [0.3, 0.4) is 0 Å². The Balaban J connectivity index is 2.20. The van der Waals surface area contributed by atoms with Crippen molar-refractivity contribution in [1.82, 2.24) is 0 Å². The molecule has 0 amide bonds. The summed E-state index contributed by atoms with van der Waals surface area (Å²) >= 11 is 0. The molecule has 0 heterocycles. The first kappa shape index (κ1) is 19.6. The largest absolute Gasteiger partial charge is 0.299 e. The lowest BCUT2D eigenvalue weighted by atomic mass is 9.71. The molecule has 0 aromatic heterocycles. The lowest BCUT2D eigenvalue weighted by Crippen LogP contribution is -2.50. The van der Waals surface area contributed by atoms with E-state index in [1.54, 1.807) is 0 Å². The molecule has 0 saturated heterocycles. The van der Waals surface area contributed by atoms with Crippen molar-refractivity contribution in [2.24, 2.45) is 11.8 Å². The third-order valence-corrected chi connectivity index (χ3v) is 5.45. The van der Waals surface area contributed by atoms with Crippen molar-refractivity contribution >= 4 is 5.78 Å². The Morgan fingerprint density at radius 2 is 0.962 bits per heavy atom. The number of nitro groups is 4. The molecular formula is C13H18N4O9. The highest BCUT2D eigenvalue weighted by atomic mass is 16.6. The summed E-state index contributed by atoms with van der Waals surface area (Å²) in [7, 11) is 0. The molecular weight excluding hydrogens is 356 g/mol. The molecule has 13 heteroatoms. The second kappa shape index (κ2) is 7.66. The minimum Gasteiger partial charge on any atom is -0.299 e. The van der Waals surface area contributed by atoms with Crippen LogP contribution in [0.15, 0.2) is 0 Å². The molecule has 26 heavy (non-hydrogen) atoms. The van der Waals surface area contributed by atoms with Crippen LogP contribution in [0.25, 0.3) is 0 Å². The maximum absolute atomic E-state index is 12.8. The predicted octanol–water partition coefficient (Wildman–Crippen LogP) is 0.737. The molecule has 2 fully saturated rings. The highest BCUT2D eigenvalue weighted by molar-refractivity contribution is 5.84. The summed E-state index contributed by atoms with van der Waals surface area (Å²) in [5.41, 5.74) is 0. The fourth-order valence-electron chi connectivity index (χ4n) is 4.04. The van der Waals surface area contributed by atoms with Gasteiger partial charge in [-0.3, -0.25) is 45.3 Å². The van der Waals surface area contributed by atoms with Crippen LogP contribution >= 0.6 is 0 Å². The van der Waals surface area contributed by atoms with Crippen LogP contribution in [-0.2, 0) is 4.79 Å². The normalized spacial score (nSPS) is 34.6. The van der Waals surface area contributed by atoms with Crippen LogP contribution in [0.5, 0.6) is 0 Å². The van der Waals surface area contributed by atoms with Crippen LogP contribution in [0.2, 0.25) is 0 Å². The maximum Gasteiger partial charge on any atom is 0.229 e. The van der Waals surface area contributed by atoms with E-state index in [9.17, 15) is 45.3 Å². The van der Waals surface area contributed by atoms with Gasteiger partial charge in [-0.1, -0.05) is 0 Å². The SMILES string of the molecule is O=C(C1CCC([N+](=O)[O-])CC1[N+](=O)[O-])C1CCC([N+](=O)[O-])CC1[N+](=O)[O-]. The van der Waals surface area contributed by atoms with Crippen molar-refractivity contribution in [2.75, 3.05) is 0 Å². The lowest BCUT2D eigenvalue weighted by molar-refractivity contribution is -0.575. The number of carbonyl (C=O) groups is 1. The topological polar surface area (TPSA) is 190 Å². The first-order valence-electron chi connectivity index (χ1n) is 8.21. The lowest BCUT2D eigenvalue weighted by Gasteiger charge is -2.32. The molecule has 6 atom stereocenters. The Hall–Kier alpha value is -2.73. The highest BCUT2D eigenvalue weighted by Crippen LogP contribution is 2.36. The van der Waals surface area contributed by atoms with Crippen LogP contribution in [0.4, 0.5) is 0 Å². The summed E-state index contributed by atoms with van der Waals surface area (Å²) in [5.74, 6) is -2.95. The molecule has 2 saturated carbocycles. The summed E-state index contributed by atoms with van der Waals surface area (Å²) < 4.78 is 0. The molecule has 0 N–H and O–H groups in total. The monoisotopic (exact) mass is 374 g/mol. The van der Waals surface area contributed by atoms with Gasteiger partial charge in [0.25, 0.3) is 0 Å². The highest BCUT2D eigenvalue weighted by Gasteiger charge is 2.53. The zero-order chi connectivity index (χ0) is 19.6. The van der Waals surface area contributed by atoms with E-state index in [-0.39, 0.29) is 25.7 Å². The van der Waals surface area contributed by atoms with E-state index in [1.165, 1.54) is 0 Å². The van der Waals surface area contributed by atoms with E-state index in [0.29, 0.717) is 0 Å². The summed E-state index contributed by atoms with van der Waals surface area (Å²) in [4.78, 5) is 54.4. The van der Waals surface area contributed by atoms with Gasteiger partial charge >= 0.3 is 0 Å². The second-order valence-corrected chi connectivity index (χ2v) is 6.83. The molecule has 2 rings (SSSR count). The zero-order valence-electron chi connectivity index (χ0n) is 13.7. The van der Waals surface area contributed by atoms with Crippen LogP contribution < -0.4 is 0 Å². The van der Waals surface area contributed by atoms with E-state index >= 15 is 0 Å². The van der Waals surface area contributed by atoms with Gasteiger partial charge in [0.05, 0.1) is 24.7 Å². The third kappa shape index (κ3) is 3.91. The number of hydrogen-bond acceptors (Lipinski definition) is 9. The van der Waals surface area contributed by atoms with Crippen LogP contribution in [-0.4, -0.2) is 49.6 Å². The Bertz CT molecular complexity index is 587. The standard InChI is InChI=1S/C13H18N4O9/c18-13(9-3-1-7(14(19)20)5-11(9)16(23)24)10-4-2-8(15(21)22)6-12(10)17(25)26/h7-12H,1-6H2. The molecule has 0 bridgehead atoms. The van der Waals surface area contributed by atoms with Crippen LogP contribution in [0.1, 0.15) is 38.5 Å². The molecule has 0 spiro atoms. The van der Waals surface area contributed by atoms with E-state index < -0.39 is 74.3 Å². The van der Waals surface area contributed by atoms with Crippen molar-refractivity contribution in [3.8, 4) is 0 Å². The van der Waals surface area contributed by atoms with E-state index in [1.807, 2.05) is 0 Å². The predicted molar refractivity (Wildman–Crippen MR) is 82.8 cm³/mol. The van der Waals surface area contributed by atoms with Crippen molar-refractivity contribution in [2.45, 2.75) is 62.7 Å². The minimum atomic E-state index is -1.47. The quantitative estimate of drug-likeness (QED) is 0.476. The van der Waals surface area contributed by atoms with Crippen molar-refractivity contribution in [3.05, 3.63) is 40.5 Å². The third-order valence-electron chi connectivity index (χ3n) is 5.45. The van der Waals surface area contributed by atoms with Gasteiger partial charge in [-0.05, 0) is 12.8 Å². The van der Waals surface area contributed by atoms with E-state index in [4.69, 9.17) is 0 Å². The molecule has 0 aromatic carbocycles. The average molecular weight is 374 g/mol. The summed E-state index contributed by atoms with van der Waals surface area (Å²) in [6.07, 6.45) is -0.999. The first-order valence-corrected chi connectivity index (χ1v) is 8.21. The van der Waals surface area contributed by atoms with Crippen molar-refractivity contribution in [3.63, 3.8) is 0 Å². The first-order chi connectivity index (χ1) is 12.1. The molecule has 6 unspecified atom stereocenters. The average Bonchev–Trinajstić information content (AvgIpc) is 2.59. The van der Waals surface area contributed by atoms with Crippen LogP contribution in [0, 0.1) is 52.3 Å². The summed E-state index contributed by atoms with van der Waals surface area (Å²) in [5, 5.41) is 44.3. The fourth-order valence-corrected chi connectivity index (χ4v) is 4.04. The van der Waals surface area contributed by atoms with Gasteiger partial charge in [-0.15, -0.1) is 0 Å². The minimum absolute atomic E-state index is 0.0128. The molecule has 0 aliphatic heterocycles. The van der Waals surface area contributed by atoms with Gasteiger partial charge in [-0.25, -0.2) is 0 Å². The van der Waals surface area contributed by atoms with Gasteiger partial charge in [0, 0.05) is 32.5 Å². The number of Topliss-reactive ketones (excluding diaryl/α,β-unsaturated/α-hetero) is 1. The van der Waals surface area contributed by atoms with Crippen molar-refractivity contribution < 1.29 is 24.5 Å². The number of nitrogens with zero attached hydrogens (tertiary/aromatic N) is 4. The Morgan fingerprint density at radius 3 is 1.23 bits per heavy atom. The van der Waals surface area contributed by atoms with Gasteiger partial charge in [0.2, 0.25) is 24.2 Å². The molecule has 2 aliphatic carbocycles. The smallest absolute Gasteiger partial charge is 0.229 e. The summed E-state index contributed by atoms with van der Waals surface area (Å²) in [6, 6.07) is -5.17. The molecule has 13 nitrogen and oxygen atoms in total. The number of hydrogen-bond donors (Lipinski definition) is 0. The van der Waals surface area contributed by atoms with Gasteiger partial charge in [-0.2, -0.15) is 0 Å². The van der Waals surface area contributed by atoms with E-state index in [0.717, 1.165) is 0 Å². The molecule has 2 aliphatic rings. The molecule has 0 radical (unpaired) electrons. The Kier molecular flexibility index (Phi) is 5.77. The van der Waals surface area contributed by atoms with Gasteiger partial charge < -0.3 is 0 Å².